The highest BCUT2D eigenvalue weighted by Crippen LogP contribution is 2.25. The smallest absolute Gasteiger partial charge is 0.255 e. The number of hydrogen-bond donors (Lipinski definition) is 1. The van der Waals surface area contributed by atoms with E-state index in [9.17, 15) is 9.59 Å². The van der Waals surface area contributed by atoms with Gasteiger partial charge in [0.1, 0.15) is 0 Å². The summed E-state index contributed by atoms with van der Waals surface area (Å²) in [7, 11) is 0. The highest BCUT2D eigenvalue weighted by Gasteiger charge is 2.20. The van der Waals surface area contributed by atoms with Crippen molar-refractivity contribution < 1.29 is 9.59 Å². The van der Waals surface area contributed by atoms with Gasteiger partial charge in [0.2, 0.25) is 5.91 Å². The number of hydrogen-bond acceptors (Lipinski definition) is 4. The number of benzene rings is 1. The third-order valence-corrected chi connectivity index (χ3v) is 6.92. The maximum absolute atomic E-state index is 12.4. The SMILES string of the molecule is C[C@H](NC(=O)CSc1ccc(C(=O)N2CCCC2)cn1)c1ccc2c(c1)CCCC2. The standard InChI is InChI=1S/C24H29N3O2S/c1-17(19-9-8-18-6-2-3-7-20(18)14-19)26-22(28)16-30-23-11-10-21(15-25-23)24(29)27-12-4-5-13-27/h8-11,14-15,17H,2-7,12-13,16H2,1H3,(H,26,28)/t17-/m0/s1. The molecule has 1 aromatic heterocycles. The number of likely N-dealkylation sites (tertiary alicyclic amines) is 1. The van der Waals surface area contributed by atoms with E-state index in [1.165, 1.54) is 42.2 Å². The normalized spacial score (nSPS) is 16.8. The fourth-order valence-corrected chi connectivity index (χ4v) is 4.88. The van der Waals surface area contributed by atoms with Crippen LogP contribution in [0.1, 0.15) is 65.7 Å². The van der Waals surface area contributed by atoms with Crippen LogP contribution in [0.15, 0.2) is 41.6 Å². The zero-order valence-corrected chi connectivity index (χ0v) is 18.3. The van der Waals surface area contributed by atoms with Gasteiger partial charge >= 0.3 is 0 Å². The molecule has 6 heteroatoms. The summed E-state index contributed by atoms with van der Waals surface area (Å²) in [6, 6.07) is 10.2. The minimum Gasteiger partial charge on any atom is -0.349 e. The lowest BCUT2D eigenvalue weighted by Gasteiger charge is -2.20. The number of aromatic nitrogens is 1. The summed E-state index contributed by atoms with van der Waals surface area (Å²) in [5.41, 5.74) is 4.67. The van der Waals surface area contributed by atoms with E-state index in [4.69, 9.17) is 0 Å². The van der Waals surface area contributed by atoms with Gasteiger partial charge in [0.25, 0.3) is 5.91 Å². The van der Waals surface area contributed by atoms with Crippen molar-refractivity contribution in [2.24, 2.45) is 0 Å². The second kappa shape index (κ2) is 9.65. The number of carbonyl (C=O) groups is 2. The van der Waals surface area contributed by atoms with Crippen molar-refractivity contribution in [1.82, 2.24) is 15.2 Å². The van der Waals surface area contributed by atoms with E-state index in [1.54, 1.807) is 6.20 Å². The Balaban J connectivity index is 1.27. The van der Waals surface area contributed by atoms with Crippen LogP contribution in [0.2, 0.25) is 0 Å². The van der Waals surface area contributed by atoms with Gasteiger partial charge in [-0.05, 0) is 74.3 Å². The number of nitrogens with zero attached hydrogens (tertiary/aromatic N) is 2. The number of carbonyl (C=O) groups excluding carboxylic acids is 2. The molecule has 1 aromatic carbocycles. The topological polar surface area (TPSA) is 62.3 Å². The van der Waals surface area contributed by atoms with Crippen LogP contribution in [0.25, 0.3) is 0 Å². The summed E-state index contributed by atoms with van der Waals surface area (Å²) in [5, 5.41) is 3.85. The molecule has 2 amide bonds. The molecular formula is C24H29N3O2S. The first-order valence-corrected chi connectivity index (χ1v) is 11.9. The molecule has 0 bridgehead atoms. The summed E-state index contributed by atoms with van der Waals surface area (Å²) < 4.78 is 0. The fraction of sp³-hybridized carbons (Fsp3) is 0.458. The van der Waals surface area contributed by atoms with E-state index < -0.39 is 0 Å². The molecule has 0 saturated carbocycles. The molecule has 30 heavy (non-hydrogen) atoms. The molecule has 0 spiro atoms. The zero-order chi connectivity index (χ0) is 20.9. The van der Waals surface area contributed by atoms with E-state index in [-0.39, 0.29) is 17.9 Å². The van der Waals surface area contributed by atoms with Crippen LogP contribution in [-0.2, 0) is 17.6 Å². The van der Waals surface area contributed by atoms with Crippen LogP contribution < -0.4 is 5.32 Å². The predicted octanol–water partition coefficient (Wildman–Crippen LogP) is 4.17. The number of fused-ring (bicyclic) bond motifs is 1. The number of amides is 2. The number of rotatable bonds is 6. The van der Waals surface area contributed by atoms with Gasteiger partial charge in [-0.15, -0.1) is 0 Å². The Morgan fingerprint density at radius 2 is 1.83 bits per heavy atom. The fourth-order valence-electron chi connectivity index (χ4n) is 4.22. The summed E-state index contributed by atoms with van der Waals surface area (Å²) in [5.74, 6) is 0.347. The highest BCUT2D eigenvalue weighted by molar-refractivity contribution is 7.99. The second-order valence-corrected chi connectivity index (χ2v) is 9.19. The lowest BCUT2D eigenvalue weighted by Crippen LogP contribution is -2.28. The van der Waals surface area contributed by atoms with Crippen molar-refractivity contribution in [3.05, 3.63) is 58.8 Å². The molecule has 1 aliphatic heterocycles. The summed E-state index contributed by atoms with van der Waals surface area (Å²) in [6.45, 7) is 3.69. The summed E-state index contributed by atoms with van der Waals surface area (Å²) in [4.78, 5) is 31.0. The summed E-state index contributed by atoms with van der Waals surface area (Å²) >= 11 is 1.39. The number of aryl methyl sites for hydroxylation is 2. The molecule has 1 N–H and O–H groups in total. The molecule has 4 rings (SSSR count). The highest BCUT2D eigenvalue weighted by atomic mass is 32.2. The van der Waals surface area contributed by atoms with Gasteiger partial charge in [-0.2, -0.15) is 0 Å². The number of thioether (sulfide) groups is 1. The average molecular weight is 424 g/mol. The molecule has 1 aliphatic carbocycles. The van der Waals surface area contributed by atoms with Crippen LogP contribution >= 0.6 is 11.8 Å². The zero-order valence-electron chi connectivity index (χ0n) is 17.5. The molecule has 0 unspecified atom stereocenters. The van der Waals surface area contributed by atoms with Gasteiger partial charge in [0, 0.05) is 19.3 Å². The lowest BCUT2D eigenvalue weighted by atomic mass is 9.89. The average Bonchev–Trinajstić information content (AvgIpc) is 3.32. The van der Waals surface area contributed by atoms with Gasteiger partial charge in [-0.25, -0.2) is 4.98 Å². The first-order valence-electron chi connectivity index (χ1n) is 10.9. The second-order valence-electron chi connectivity index (χ2n) is 8.20. The quantitative estimate of drug-likeness (QED) is 0.709. The lowest BCUT2D eigenvalue weighted by molar-refractivity contribution is -0.119. The van der Waals surface area contributed by atoms with Gasteiger partial charge < -0.3 is 10.2 Å². The Morgan fingerprint density at radius 1 is 1.07 bits per heavy atom. The molecule has 5 nitrogen and oxygen atoms in total. The Kier molecular flexibility index (Phi) is 6.72. The van der Waals surface area contributed by atoms with Gasteiger partial charge in [0.05, 0.1) is 22.4 Å². The van der Waals surface area contributed by atoms with Crippen LogP contribution in [0.5, 0.6) is 0 Å². The Hall–Kier alpha value is -2.34. The van der Waals surface area contributed by atoms with Crippen LogP contribution in [0.3, 0.4) is 0 Å². The molecule has 1 saturated heterocycles. The maximum Gasteiger partial charge on any atom is 0.255 e. The van der Waals surface area contributed by atoms with Crippen molar-refractivity contribution in [2.45, 2.75) is 56.5 Å². The molecule has 2 aliphatic rings. The van der Waals surface area contributed by atoms with Gasteiger partial charge in [0.15, 0.2) is 0 Å². The van der Waals surface area contributed by atoms with Crippen LogP contribution in [0.4, 0.5) is 0 Å². The van der Waals surface area contributed by atoms with Gasteiger partial charge in [-0.1, -0.05) is 30.0 Å². The Morgan fingerprint density at radius 3 is 2.57 bits per heavy atom. The van der Waals surface area contributed by atoms with Crippen molar-refractivity contribution >= 4 is 23.6 Å². The first-order chi connectivity index (χ1) is 14.6. The molecule has 1 fully saturated rings. The minimum absolute atomic E-state index is 0.00996. The molecular weight excluding hydrogens is 394 g/mol. The molecule has 2 heterocycles. The molecule has 1 atom stereocenters. The van der Waals surface area contributed by atoms with E-state index in [0.29, 0.717) is 11.3 Å². The Bertz CT molecular complexity index is 907. The third-order valence-electron chi connectivity index (χ3n) is 5.98. The van der Waals surface area contributed by atoms with E-state index in [0.717, 1.165) is 42.9 Å². The molecule has 0 radical (unpaired) electrons. The van der Waals surface area contributed by atoms with E-state index in [2.05, 4.69) is 28.5 Å². The van der Waals surface area contributed by atoms with Crippen molar-refractivity contribution in [3.8, 4) is 0 Å². The van der Waals surface area contributed by atoms with Crippen LogP contribution in [0, 0.1) is 0 Å². The van der Waals surface area contributed by atoms with Crippen LogP contribution in [-0.4, -0.2) is 40.5 Å². The molecule has 158 valence electrons. The first kappa shape index (κ1) is 20.9. The third kappa shape index (κ3) is 5.04. The minimum atomic E-state index is -0.0151. The summed E-state index contributed by atoms with van der Waals surface area (Å²) in [6.07, 6.45) is 8.61. The monoisotopic (exact) mass is 423 g/mol. The van der Waals surface area contributed by atoms with E-state index >= 15 is 0 Å². The van der Waals surface area contributed by atoms with E-state index in [1.807, 2.05) is 24.0 Å². The van der Waals surface area contributed by atoms with Crippen molar-refractivity contribution in [1.29, 1.82) is 0 Å². The van der Waals surface area contributed by atoms with Crippen molar-refractivity contribution in [2.75, 3.05) is 18.8 Å². The largest absolute Gasteiger partial charge is 0.349 e. The number of nitrogens with one attached hydrogen (secondary N) is 1. The molecule has 2 aromatic rings. The maximum atomic E-state index is 12.4. The Labute approximate surface area is 182 Å². The van der Waals surface area contributed by atoms with Gasteiger partial charge in [-0.3, -0.25) is 9.59 Å². The van der Waals surface area contributed by atoms with Crippen molar-refractivity contribution in [3.63, 3.8) is 0 Å². The number of pyridine rings is 1. The predicted molar refractivity (Wildman–Crippen MR) is 120 cm³/mol.